The normalized spacial score (nSPS) is 14.3. The average molecular weight is 559 g/mol. The molecule has 2 aromatic heterocycles. The number of thioether (sulfide) groups is 1. The van der Waals surface area contributed by atoms with Gasteiger partial charge in [-0.2, -0.15) is 0 Å². The Labute approximate surface area is 235 Å². The molecule has 0 fully saturated rings. The van der Waals surface area contributed by atoms with Crippen LogP contribution in [0.2, 0.25) is 0 Å². The standard InChI is InChI=1S/C28H30N8O3S/c1-3-17(12-19-14-32-22(29)11-16(19)2)13-34-26(37)21-9-10-23-33-15-20(28(39)36(21)23)35-27(38)25(31)40-24(30)18-7-5-4-6-8-18/h4-8,11-12,14-15,21,30-31H,3,9-10,13H2,1-2H3,(H2,29,32)(H,34,37)(H,35,38)/b17-12+,30-24?,31-25?. The van der Waals surface area contributed by atoms with Gasteiger partial charge in [-0.1, -0.05) is 48.9 Å². The summed E-state index contributed by atoms with van der Waals surface area (Å²) in [5, 5.41) is 21.1. The number of nitrogen functional groups attached to an aromatic ring is 1. The zero-order chi connectivity index (χ0) is 28.8. The molecule has 0 bridgehead atoms. The number of amides is 2. The number of carbonyl (C=O) groups is 2. The highest BCUT2D eigenvalue weighted by atomic mass is 32.2. The third kappa shape index (κ3) is 6.52. The summed E-state index contributed by atoms with van der Waals surface area (Å²) >= 11 is 0.676. The van der Waals surface area contributed by atoms with Crippen LogP contribution in [0.5, 0.6) is 0 Å². The summed E-state index contributed by atoms with van der Waals surface area (Å²) in [5.74, 6) is -0.266. The number of anilines is 2. The maximum atomic E-state index is 13.3. The molecule has 12 heteroatoms. The molecule has 3 heterocycles. The molecule has 40 heavy (non-hydrogen) atoms. The van der Waals surface area contributed by atoms with Gasteiger partial charge in [0, 0.05) is 24.7 Å². The Morgan fingerprint density at radius 3 is 2.65 bits per heavy atom. The molecule has 1 aliphatic heterocycles. The molecule has 1 unspecified atom stereocenters. The molecule has 0 aliphatic carbocycles. The van der Waals surface area contributed by atoms with Crippen LogP contribution in [0.3, 0.4) is 0 Å². The first-order valence-electron chi connectivity index (χ1n) is 12.7. The van der Waals surface area contributed by atoms with Gasteiger partial charge in [-0.05, 0) is 48.7 Å². The SMILES string of the molecule is CC/C(=C\c1cnc(N)cc1C)CNC(=O)C1CCc2ncc(NC(=O)C(=N)SC(=N)c3ccccc3)c(=O)n21. The van der Waals surface area contributed by atoms with Crippen molar-refractivity contribution < 1.29 is 9.59 Å². The summed E-state index contributed by atoms with van der Waals surface area (Å²) in [6, 6.07) is 9.75. The van der Waals surface area contributed by atoms with Gasteiger partial charge < -0.3 is 16.4 Å². The molecule has 1 aromatic carbocycles. The van der Waals surface area contributed by atoms with Crippen LogP contribution in [0.25, 0.3) is 6.08 Å². The van der Waals surface area contributed by atoms with Crippen molar-refractivity contribution >= 4 is 51.2 Å². The number of nitrogens with one attached hydrogen (secondary N) is 4. The Hall–Kier alpha value is -4.58. The number of nitrogens with two attached hydrogens (primary N) is 1. The van der Waals surface area contributed by atoms with Crippen LogP contribution in [0, 0.1) is 17.7 Å². The maximum Gasteiger partial charge on any atom is 0.280 e. The van der Waals surface area contributed by atoms with Gasteiger partial charge in [0.2, 0.25) is 5.91 Å². The van der Waals surface area contributed by atoms with Crippen LogP contribution in [0.1, 0.15) is 48.3 Å². The molecule has 4 rings (SSSR count). The fraction of sp³-hybridized carbons (Fsp3) is 0.250. The highest BCUT2D eigenvalue weighted by Crippen LogP contribution is 2.24. The molecule has 0 saturated heterocycles. The van der Waals surface area contributed by atoms with Gasteiger partial charge in [-0.25, -0.2) is 9.97 Å². The van der Waals surface area contributed by atoms with E-state index in [1.165, 1.54) is 10.8 Å². The predicted octanol–water partition coefficient (Wildman–Crippen LogP) is 3.30. The van der Waals surface area contributed by atoms with Crippen molar-refractivity contribution in [3.8, 4) is 0 Å². The van der Waals surface area contributed by atoms with Gasteiger partial charge in [-0.15, -0.1) is 0 Å². The number of aryl methyl sites for hydroxylation is 2. The molecule has 11 nitrogen and oxygen atoms in total. The summed E-state index contributed by atoms with van der Waals surface area (Å²) in [6.07, 6.45) is 6.45. The fourth-order valence-electron chi connectivity index (χ4n) is 4.27. The lowest BCUT2D eigenvalue weighted by Gasteiger charge is -2.16. The van der Waals surface area contributed by atoms with Gasteiger partial charge in [0.1, 0.15) is 28.4 Å². The van der Waals surface area contributed by atoms with Crippen molar-refractivity contribution in [1.82, 2.24) is 19.9 Å². The summed E-state index contributed by atoms with van der Waals surface area (Å²) in [4.78, 5) is 47.4. The molecule has 6 N–H and O–H groups in total. The highest BCUT2D eigenvalue weighted by Gasteiger charge is 2.31. The van der Waals surface area contributed by atoms with E-state index in [1.54, 1.807) is 42.6 Å². The van der Waals surface area contributed by atoms with E-state index in [2.05, 4.69) is 20.6 Å². The lowest BCUT2D eigenvalue weighted by Crippen LogP contribution is -2.38. The molecule has 1 aliphatic rings. The third-order valence-corrected chi connectivity index (χ3v) is 7.33. The molecular formula is C28H30N8O3S. The van der Waals surface area contributed by atoms with E-state index < -0.39 is 22.6 Å². The molecule has 2 amide bonds. The Morgan fingerprint density at radius 1 is 1.20 bits per heavy atom. The van der Waals surface area contributed by atoms with Crippen LogP contribution in [0.4, 0.5) is 11.5 Å². The Bertz CT molecular complexity index is 1570. The van der Waals surface area contributed by atoms with Gasteiger partial charge >= 0.3 is 0 Å². The van der Waals surface area contributed by atoms with Crippen molar-refractivity contribution in [2.45, 2.75) is 39.2 Å². The van der Waals surface area contributed by atoms with Crippen LogP contribution < -0.4 is 21.9 Å². The summed E-state index contributed by atoms with van der Waals surface area (Å²) < 4.78 is 1.30. The first kappa shape index (κ1) is 28.4. The van der Waals surface area contributed by atoms with E-state index >= 15 is 0 Å². The Kier molecular flexibility index (Phi) is 8.90. The van der Waals surface area contributed by atoms with Crippen molar-refractivity contribution in [3.63, 3.8) is 0 Å². The fourth-order valence-corrected chi connectivity index (χ4v) is 4.87. The number of benzene rings is 1. The van der Waals surface area contributed by atoms with Crippen LogP contribution >= 0.6 is 11.8 Å². The Morgan fingerprint density at radius 2 is 1.95 bits per heavy atom. The number of carbonyl (C=O) groups excluding carboxylic acids is 2. The smallest absolute Gasteiger partial charge is 0.280 e. The first-order valence-corrected chi connectivity index (χ1v) is 13.5. The van der Waals surface area contributed by atoms with Crippen LogP contribution in [0.15, 0.2) is 59.2 Å². The van der Waals surface area contributed by atoms with E-state index in [9.17, 15) is 14.4 Å². The van der Waals surface area contributed by atoms with E-state index in [1.807, 2.05) is 19.9 Å². The van der Waals surface area contributed by atoms with Crippen LogP contribution in [-0.2, 0) is 16.0 Å². The number of rotatable bonds is 7. The third-order valence-electron chi connectivity index (χ3n) is 6.50. The number of aromatic nitrogens is 3. The highest BCUT2D eigenvalue weighted by molar-refractivity contribution is 8.28. The zero-order valence-corrected chi connectivity index (χ0v) is 23.0. The maximum absolute atomic E-state index is 13.3. The van der Waals surface area contributed by atoms with Crippen molar-refractivity contribution in [3.05, 3.63) is 87.2 Å². The zero-order valence-electron chi connectivity index (χ0n) is 22.2. The molecular weight excluding hydrogens is 528 g/mol. The van der Waals surface area contributed by atoms with Crippen LogP contribution in [-0.4, -0.2) is 43.0 Å². The van der Waals surface area contributed by atoms with Gasteiger partial charge in [0.25, 0.3) is 11.5 Å². The van der Waals surface area contributed by atoms with Gasteiger partial charge in [-0.3, -0.25) is 29.8 Å². The van der Waals surface area contributed by atoms with Gasteiger partial charge in [0.15, 0.2) is 5.04 Å². The number of fused-ring (bicyclic) bond motifs is 1. The monoisotopic (exact) mass is 558 g/mol. The minimum atomic E-state index is -0.839. The first-order chi connectivity index (χ1) is 19.2. The molecule has 1 atom stereocenters. The quantitative estimate of drug-likeness (QED) is 0.218. The Balaban J connectivity index is 1.43. The van der Waals surface area contributed by atoms with Crippen molar-refractivity contribution in [2.24, 2.45) is 0 Å². The molecule has 3 aromatic rings. The summed E-state index contributed by atoms with van der Waals surface area (Å²) in [7, 11) is 0. The molecule has 206 valence electrons. The minimum absolute atomic E-state index is 0.0320. The largest absolute Gasteiger partial charge is 0.384 e. The number of nitrogens with zero attached hydrogens (tertiary/aromatic N) is 3. The second-order valence-corrected chi connectivity index (χ2v) is 10.3. The molecule has 0 saturated carbocycles. The lowest BCUT2D eigenvalue weighted by atomic mass is 10.1. The number of pyridine rings is 1. The van der Waals surface area contributed by atoms with E-state index in [4.69, 9.17) is 16.6 Å². The van der Waals surface area contributed by atoms with E-state index in [-0.39, 0.29) is 16.6 Å². The van der Waals surface area contributed by atoms with E-state index in [0.717, 1.165) is 16.7 Å². The second kappa shape index (κ2) is 12.5. The molecule has 0 radical (unpaired) electrons. The van der Waals surface area contributed by atoms with Gasteiger partial charge in [0.05, 0.1) is 6.20 Å². The van der Waals surface area contributed by atoms with Crippen molar-refractivity contribution in [2.75, 3.05) is 17.6 Å². The second-order valence-electron chi connectivity index (χ2n) is 9.24. The summed E-state index contributed by atoms with van der Waals surface area (Å²) in [6.45, 7) is 4.23. The molecule has 0 spiro atoms. The summed E-state index contributed by atoms with van der Waals surface area (Å²) in [5.41, 5.74) is 8.47. The average Bonchev–Trinajstić information content (AvgIpc) is 3.39. The topological polar surface area (TPSA) is 180 Å². The lowest BCUT2D eigenvalue weighted by molar-refractivity contribution is -0.124. The number of hydrogen-bond donors (Lipinski definition) is 5. The van der Waals surface area contributed by atoms with E-state index in [0.29, 0.717) is 54.8 Å². The van der Waals surface area contributed by atoms with Crippen molar-refractivity contribution in [1.29, 1.82) is 10.8 Å². The predicted molar refractivity (Wildman–Crippen MR) is 158 cm³/mol. The number of hydrogen-bond acceptors (Lipinski definition) is 9. The minimum Gasteiger partial charge on any atom is -0.384 e.